The smallest absolute Gasteiger partial charge is 0.271 e. The minimum Gasteiger partial charge on any atom is -0.379 e. The Kier molecular flexibility index (Phi) is 7.15. The number of fused-ring (bicyclic) bond motifs is 1. The van der Waals surface area contributed by atoms with Crippen LogP contribution in [0, 0.1) is 0 Å². The first-order valence-electron chi connectivity index (χ1n) is 12.5. The van der Waals surface area contributed by atoms with Crippen LogP contribution in [-0.2, 0) is 21.5 Å². The summed E-state index contributed by atoms with van der Waals surface area (Å²) in [5, 5.41) is 15.5. The lowest BCUT2D eigenvalue weighted by atomic mass is 9.86. The SMILES string of the molecule is C=CC(=O)N1CC(NC(=O)c2c(Cl)nc(CNc3n[nH]c4cc(Cl)c(C(C)(C)C)cc34)n2[C@@H]2CCOC2)C1. The van der Waals surface area contributed by atoms with Gasteiger partial charge in [0.05, 0.1) is 30.8 Å². The molecule has 2 aliphatic heterocycles. The maximum absolute atomic E-state index is 13.3. The molecule has 3 aromatic rings. The van der Waals surface area contributed by atoms with E-state index in [1.54, 1.807) is 4.90 Å². The molecule has 38 heavy (non-hydrogen) atoms. The molecule has 0 saturated carbocycles. The van der Waals surface area contributed by atoms with Crippen LogP contribution in [0.4, 0.5) is 5.82 Å². The standard InChI is InChI=1S/C26H31Cl2N7O3/c1-5-21(36)34-11-14(12-34)30-25(37)22-23(28)31-20(35(22)15-6-7-38-13-15)10-29-24-16-8-17(26(2,3)4)18(27)9-19(16)32-33-24/h5,8-9,14-15H,1,6-7,10-13H2,2-4H3,(H,30,37)(H2,29,32,33)/t15-/m1/s1. The Hall–Kier alpha value is -3.08. The summed E-state index contributed by atoms with van der Waals surface area (Å²) in [4.78, 5) is 31.2. The maximum atomic E-state index is 13.3. The third-order valence-electron chi connectivity index (χ3n) is 7.00. The fourth-order valence-electron chi connectivity index (χ4n) is 4.94. The summed E-state index contributed by atoms with van der Waals surface area (Å²) >= 11 is 13.1. The van der Waals surface area contributed by atoms with Gasteiger partial charge in [-0.25, -0.2) is 4.98 Å². The van der Waals surface area contributed by atoms with E-state index in [2.05, 4.69) is 53.2 Å². The number of aromatic nitrogens is 4. The predicted molar refractivity (Wildman–Crippen MR) is 147 cm³/mol. The van der Waals surface area contributed by atoms with Gasteiger partial charge < -0.3 is 24.8 Å². The largest absolute Gasteiger partial charge is 0.379 e. The number of amides is 2. The zero-order chi connectivity index (χ0) is 27.2. The summed E-state index contributed by atoms with van der Waals surface area (Å²) in [5.41, 5.74) is 2.00. The fraction of sp³-hybridized carbons (Fsp3) is 0.462. The molecule has 2 aliphatic rings. The van der Waals surface area contributed by atoms with Gasteiger partial charge in [0.1, 0.15) is 11.5 Å². The van der Waals surface area contributed by atoms with Gasteiger partial charge >= 0.3 is 0 Å². The number of halogens is 2. The molecule has 202 valence electrons. The minimum atomic E-state index is -0.328. The van der Waals surface area contributed by atoms with E-state index in [1.807, 2.05) is 16.7 Å². The highest BCUT2D eigenvalue weighted by atomic mass is 35.5. The molecule has 10 nitrogen and oxygen atoms in total. The van der Waals surface area contributed by atoms with Gasteiger partial charge in [0.15, 0.2) is 11.0 Å². The lowest BCUT2D eigenvalue weighted by molar-refractivity contribution is -0.130. The molecule has 0 radical (unpaired) electrons. The van der Waals surface area contributed by atoms with Crippen LogP contribution in [0.25, 0.3) is 10.9 Å². The van der Waals surface area contributed by atoms with Crippen LogP contribution >= 0.6 is 23.2 Å². The van der Waals surface area contributed by atoms with Gasteiger partial charge in [0.25, 0.3) is 5.91 Å². The van der Waals surface area contributed by atoms with Gasteiger partial charge in [0, 0.05) is 30.1 Å². The summed E-state index contributed by atoms with van der Waals surface area (Å²) in [6.07, 6.45) is 2.01. The Morgan fingerprint density at radius 1 is 1.29 bits per heavy atom. The van der Waals surface area contributed by atoms with Crippen LogP contribution in [0.1, 0.15) is 55.1 Å². The normalized spacial score (nSPS) is 18.0. The van der Waals surface area contributed by atoms with Gasteiger partial charge in [-0.1, -0.05) is 50.6 Å². The lowest BCUT2D eigenvalue weighted by Crippen LogP contribution is -2.60. The van der Waals surface area contributed by atoms with E-state index in [-0.39, 0.29) is 34.5 Å². The van der Waals surface area contributed by atoms with Crippen molar-refractivity contribution in [2.24, 2.45) is 0 Å². The number of anilines is 1. The molecular weight excluding hydrogens is 529 g/mol. The summed E-state index contributed by atoms with van der Waals surface area (Å²) in [6.45, 7) is 12.0. The second kappa shape index (κ2) is 10.2. The molecule has 2 saturated heterocycles. The zero-order valence-corrected chi connectivity index (χ0v) is 23.1. The summed E-state index contributed by atoms with van der Waals surface area (Å²) in [6, 6.07) is 3.70. The van der Waals surface area contributed by atoms with Crippen molar-refractivity contribution >= 4 is 51.7 Å². The van der Waals surface area contributed by atoms with Crippen molar-refractivity contribution < 1.29 is 14.3 Å². The number of likely N-dealkylation sites (tertiary alicyclic amines) is 1. The highest BCUT2D eigenvalue weighted by Crippen LogP contribution is 2.35. The summed E-state index contributed by atoms with van der Waals surface area (Å²) < 4.78 is 7.48. The van der Waals surface area contributed by atoms with Gasteiger partial charge in [0.2, 0.25) is 5.91 Å². The van der Waals surface area contributed by atoms with Crippen molar-refractivity contribution in [3.05, 3.63) is 52.0 Å². The third-order valence-corrected chi connectivity index (χ3v) is 7.58. The number of carbonyl (C=O) groups is 2. The van der Waals surface area contributed by atoms with Crippen LogP contribution in [0.15, 0.2) is 24.8 Å². The molecule has 4 heterocycles. The van der Waals surface area contributed by atoms with Crippen molar-refractivity contribution in [3.8, 4) is 0 Å². The van der Waals surface area contributed by atoms with Crippen molar-refractivity contribution in [1.29, 1.82) is 0 Å². The van der Waals surface area contributed by atoms with Gasteiger partial charge in [-0.05, 0) is 35.6 Å². The van der Waals surface area contributed by atoms with E-state index >= 15 is 0 Å². The average Bonchev–Trinajstić information content (AvgIpc) is 3.56. The molecule has 2 fully saturated rings. The molecule has 1 aromatic carbocycles. The van der Waals surface area contributed by atoms with E-state index in [4.69, 9.17) is 27.9 Å². The number of nitrogens with zero attached hydrogens (tertiary/aromatic N) is 4. The maximum Gasteiger partial charge on any atom is 0.271 e. The Bertz CT molecular complexity index is 1400. The fourth-order valence-corrected chi connectivity index (χ4v) is 5.66. The number of hydrogen-bond donors (Lipinski definition) is 3. The molecule has 2 aromatic heterocycles. The van der Waals surface area contributed by atoms with Gasteiger partial charge in [-0.15, -0.1) is 0 Å². The van der Waals surface area contributed by atoms with E-state index in [9.17, 15) is 9.59 Å². The second-order valence-electron chi connectivity index (χ2n) is 10.7. The van der Waals surface area contributed by atoms with Crippen molar-refractivity contribution in [2.75, 3.05) is 31.6 Å². The quantitative estimate of drug-likeness (QED) is 0.376. The monoisotopic (exact) mass is 559 g/mol. The molecule has 0 spiro atoms. The Morgan fingerprint density at radius 3 is 2.71 bits per heavy atom. The van der Waals surface area contributed by atoms with Crippen molar-refractivity contribution in [3.63, 3.8) is 0 Å². The number of aromatic amines is 1. The van der Waals surface area contributed by atoms with E-state index < -0.39 is 0 Å². The van der Waals surface area contributed by atoms with Crippen molar-refractivity contribution in [1.82, 2.24) is 30.0 Å². The molecule has 1 atom stereocenters. The van der Waals surface area contributed by atoms with Gasteiger partial charge in [-0.2, -0.15) is 5.10 Å². The van der Waals surface area contributed by atoms with Gasteiger partial charge in [-0.3, -0.25) is 14.7 Å². The van der Waals surface area contributed by atoms with Crippen LogP contribution in [-0.4, -0.2) is 68.8 Å². The molecule has 5 rings (SSSR count). The van der Waals surface area contributed by atoms with Crippen LogP contribution in [0.2, 0.25) is 10.2 Å². The Morgan fingerprint density at radius 2 is 2.05 bits per heavy atom. The first-order valence-corrected chi connectivity index (χ1v) is 13.3. The number of H-pyrrole nitrogens is 1. The number of nitrogens with one attached hydrogen (secondary N) is 3. The molecule has 0 bridgehead atoms. The average molecular weight is 560 g/mol. The second-order valence-corrected chi connectivity index (χ2v) is 11.5. The first kappa shape index (κ1) is 26.5. The zero-order valence-electron chi connectivity index (χ0n) is 21.6. The number of rotatable bonds is 7. The predicted octanol–water partition coefficient (Wildman–Crippen LogP) is 4.06. The molecule has 3 N–H and O–H groups in total. The number of ether oxygens (including phenoxy) is 1. The third kappa shape index (κ3) is 5.00. The minimum absolute atomic E-state index is 0.0741. The molecule has 0 unspecified atom stereocenters. The van der Waals surface area contributed by atoms with E-state index in [1.165, 1.54) is 6.08 Å². The van der Waals surface area contributed by atoms with Crippen LogP contribution < -0.4 is 10.6 Å². The number of benzene rings is 1. The van der Waals surface area contributed by atoms with E-state index in [0.717, 1.165) is 22.9 Å². The lowest BCUT2D eigenvalue weighted by Gasteiger charge is -2.38. The summed E-state index contributed by atoms with van der Waals surface area (Å²) in [7, 11) is 0. The first-order chi connectivity index (χ1) is 18.1. The Balaban J connectivity index is 1.39. The molecular formula is C26H31Cl2N7O3. The highest BCUT2D eigenvalue weighted by Gasteiger charge is 2.34. The number of hydrogen-bond acceptors (Lipinski definition) is 6. The van der Waals surface area contributed by atoms with Crippen LogP contribution in [0.3, 0.4) is 0 Å². The molecule has 0 aliphatic carbocycles. The number of imidazole rings is 1. The van der Waals surface area contributed by atoms with E-state index in [0.29, 0.717) is 55.2 Å². The summed E-state index contributed by atoms with van der Waals surface area (Å²) in [5.74, 6) is 0.778. The molecule has 12 heteroatoms. The topological polar surface area (TPSA) is 117 Å². The Labute approximate surface area is 230 Å². The number of carbonyl (C=O) groups excluding carboxylic acids is 2. The molecule has 2 amide bonds. The highest BCUT2D eigenvalue weighted by molar-refractivity contribution is 6.32. The van der Waals surface area contributed by atoms with Crippen molar-refractivity contribution in [2.45, 2.75) is 51.2 Å². The van der Waals surface area contributed by atoms with Crippen LogP contribution in [0.5, 0.6) is 0 Å².